The number of nitrogens with zero attached hydrogens (tertiary/aromatic N) is 2. The highest BCUT2D eigenvalue weighted by atomic mass is 19.4. The van der Waals surface area contributed by atoms with Crippen molar-refractivity contribution in [1.29, 1.82) is 0 Å². The van der Waals surface area contributed by atoms with E-state index in [-0.39, 0.29) is 38.6 Å². The maximum absolute atomic E-state index is 17.3. The number of benzene rings is 8. The van der Waals surface area contributed by atoms with E-state index in [1.807, 2.05) is 0 Å². The molecule has 0 aromatic heterocycles. The average molecular weight is 1140 g/mol. The molecule has 1 aliphatic rings. The van der Waals surface area contributed by atoms with Gasteiger partial charge < -0.3 is 0 Å². The molecule has 79 heavy (non-hydrogen) atoms. The quantitative estimate of drug-likeness (QED) is 0.0709. The maximum Gasteiger partial charge on any atom is 0.422 e. The van der Waals surface area contributed by atoms with Gasteiger partial charge in [-0.1, -0.05) is 67.8 Å². The minimum Gasteiger partial charge on any atom is -0.299 e. The van der Waals surface area contributed by atoms with E-state index in [4.69, 9.17) is 0 Å². The van der Waals surface area contributed by atoms with Gasteiger partial charge in [-0.15, -0.1) is 0 Å². The van der Waals surface area contributed by atoms with E-state index in [0.717, 1.165) is 19.1 Å². The van der Waals surface area contributed by atoms with Crippen LogP contribution in [-0.4, -0.2) is 0 Å². The summed E-state index contributed by atoms with van der Waals surface area (Å²) in [4.78, 5) is -1.79. The highest BCUT2D eigenvalue weighted by Gasteiger charge is 2.49. The molecule has 0 saturated carbocycles. The highest BCUT2D eigenvalue weighted by Crippen LogP contribution is 2.56. The van der Waals surface area contributed by atoms with Crippen LogP contribution >= 0.6 is 0 Å². The predicted octanol–water partition coefficient (Wildman–Crippen LogP) is 19.2. The Morgan fingerprint density at radius 1 is 0.418 bits per heavy atom. The zero-order chi connectivity index (χ0) is 58.3. The Labute approximate surface area is 424 Å². The third kappa shape index (κ3) is 8.01. The van der Waals surface area contributed by atoms with Crippen molar-refractivity contribution in [1.82, 2.24) is 0 Å². The van der Waals surface area contributed by atoms with Crippen LogP contribution < -0.4 is 9.80 Å². The first-order valence-electron chi connectivity index (χ1n) is 21.5. The number of anilines is 6. The highest BCUT2D eigenvalue weighted by molar-refractivity contribution is 6.14. The Morgan fingerprint density at radius 2 is 0.848 bits per heavy atom. The lowest BCUT2D eigenvalue weighted by atomic mass is 9.91. The zero-order valence-electron chi connectivity index (χ0n) is 38.2. The molecule has 2 nitrogen and oxygen atoms in total. The van der Waals surface area contributed by atoms with Gasteiger partial charge in [0.2, 0.25) is 0 Å². The molecule has 26 heteroatoms. The van der Waals surface area contributed by atoms with Gasteiger partial charge in [-0.2, -0.15) is 26.3 Å². The second-order valence-corrected chi connectivity index (χ2v) is 17.0. The molecule has 0 N–H and O–H groups in total. The standard InChI is InChI=1S/C53H18F24N2/c1-15(2)23-31(56)39(64)46(71)49(35(23)60)78(22-14-17-8-4-5-9-18(17)19-10-6-7-11-20(19)22)50-41(66)33(58)26(34(59)42(50)67)25-29(54)21-13-12-16(3)24-30(55)27(52(72,73)74)36(61)43(68)48(24)79(47(21)40(65)32(25)57)51-44(69)37(62)28(53(75,76)77)38(63)45(51)70/h4-14H,1,3H2,2H3/b13-12+. The third-order valence-electron chi connectivity index (χ3n) is 12.5. The molecule has 0 unspecified atom stereocenters. The molecule has 9 rings (SSSR count). The lowest BCUT2D eigenvalue weighted by molar-refractivity contribution is -0.143. The van der Waals surface area contributed by atoms with Crippen LogP contribution in [0.4, 0.5) is 139 Å². The normalized spacial score (nSPS) is 13.3. The average Bonchev–Trinajstić information content (AvgIpc) is 3.40. The summed E-state index contributed by atoms with van der Waals surface area (Å²) in [6, 6.07) is 11.3. The topological polar surface area (TPSA) is 6.48 Å². The lowest BCUT2D eigenvalue weighted by Gasteiger charge is -2.33. The van der Waals surface area contributed by atoms with Crippen LogP contribution in [0.15, 0.2) is 73.8 Å². The number of allylic oxidation sites excluding steroid dienone is 3. The molecule has 0 amide bonds. The second-order valence-electron chi connectivity index (χ2n) is 17.0. The Morgan fingerprint density at radius 3 is 1.38 bits per heavy atom. The van der Waals surface area contributed by atoms with E-state index < -0.39 is 206 Å². The smallest absolute Gasteiger partial charge is 0.299 e. The first-order valence-corrected chi connectivity index (χ1v) is 21.5. The largest absolute Gasteiger partial charge is 0.422 e. The van der Waals surface area contributed by atoms with Crippen LogP contribution in [0.25, 0.3) is 49.9 Å². The fraction of sp³-hybridized carbons (Fsp3) is 0.0566. The van der Waals surface area contributed by atoms with Crippen molar-refractivity contribution >= 4 is 72.9 Å². The van der Waals surface area contributed by atoms with Gasteiger partial charge >= 0.3 is 12.4 Å². The number of alkyl halides is 6. The van der Waals surface area contributed by atoms with E-state index in [1.165, 1.54) is 42.5 Å². The van der Waals surface area contributed by atoms with Gasteiger partial charge in [0.05, 0.1) is 33.8 Å². The Balaban J connectivity index is 1.42. The SMILES string of the molecule is C=C(C)c1c(F)c(F)c(F)c(N(c2c(F)c(F)c(-c3c(F)c(F)c4c(c3F)/C=C/C(=C)c3c(F)c(C(F)(F)F)c(F)c(F)c3N4c3c(F)c(F)c(C(F)(F)F)c(F)c3F)c(F)c2F)c2cc3ccccc3c3ccccc23)c1F. The Hall–Kier alpha value is -8.58. The second kappa shape index (κ2) is 18.8. The van der Waals surface area contributed by atoms with Gasteiger partial charge in [-0.25, -0.2) is 79.0 Å². The van der Waals surface area contributed by atoms with E-state index in [2.05, 4.69) is 13.2 Å². The number of rotatable bonds is 6. The van der Waals surface area contributed by atoms with Crippen molar-refractivity contribution in [2.45, 2.75) is 19.3 Å². The summed E-state index contributed by atoms with van der Waals surface area (Å²) < 4.78 is 377. The number of halogens is 24. The van der Waals surface area contributed by atoms with Crippen LogP contribution in [0.1, 0.15) is 34.7 Å². The maximum atomic E-state index is 17.3. The molecule has 408 valence electrons. The fourth-order valence-electron chi connectivity index (χ4n) is 9.13. The van der Waals surface area contributed by atoms with Crippen LogP contribution in [0, 0.1) is 105 Å². The summed E-state index contributed by atoms with van der Waals surface area (Å²) in [5.74, 6) is -56.0. The van der Waals surface area contributed by atoms with E-state index >= 15 is 79.0 Å². The molecule has 0 aliphatic carbocycles. The zero-order valence-corrected chi connectivity index (χ0v) is 38.2. The van der Waals surface area contributed by atoms with Crippen LogP contribution in [0.2, 0.25) is 0 Å². The fourth-order valence-corrected chi connectivity index (χ4v) is 9.13. The Kier molecular flexibility index (Phi) is 13.1. The lowest BCUT2D eigenvalue weighted by Crippen LogP contribution is -2.27. The molecular formula is C53H18F24N2. The van der Waals surface area contributed by atoms with Gasteiger partial charge in [0.1, 0.15) is 39.8 Å². The van der Waals surface area contributed by atoms with Crippen molar-refractivity contribution in [2.75, 3.05) is 9.80 Å². The summed E-state index contributed by atoms with van der Waals surface area (Å²) in [6.07, 6.45) is -13.1. The van der Waals surface area contributed by atoms with Gasteiger partial charge in [0.15, 0.2) is 93.1 Å². The van der Waals surface area contributed by atoms with Crippen molar-refractivity contribution in [3.8, 4) is 11.1 Å². The van der Waals surface area contributed by atoms with Gasteiger partial charge in [-0.05, 0) is 46.4 Å². The van der Waals surface area contributed by atoms with Gasteiger partial charge in [0, 0.05) is 16.5 Å². The summed E-state index contributed by atoms with van der Waals surface area (Å²) in [5, 5.41) is -0.0808. The summed E-state index contributed by atoms with van der Waals surface area (Å²) in [5.41, 5.74) is -34.6. The molecule has 0 spiro atoms. The summed E-state index contributed by atoms with van der Waals surface area (Å²) in [6.45, 7) is 7.05. The van der Waals surface area contributed by atoms with Gasteiger partial charge in [-0.3, -0.25) is 9.80 Å². The summed E-state index contributed by atoms with van der Waals surface area (Å²) in [7, 11) is 0. The molecule has 0 atom stereocenters. The van der Waals surface area contributed by atoms with E-state index in [9.17, 15) is 26.3 Å². The van der Waals surface area contributed by atoms with Crippen molar-refractivity contribution < 1.29 is 105 Å². The third-order valence-corrected chi connectivity index (χ3v) is 12.5. The van der Waals surface area contributed by atoms with Crippen LogP contribution in [0.3, 0.4) is 0 Å². The minimum absolute atomic E-state index is 0.0106. The molecule has 1 heterocycles. The van der Waals surface area contributed by atoms with E-state index in [0.29, 0.717) is 0 Å². The van der Waals surface area contributed by atoms with Crippen LogP contribution in [0.5, 0.6) is 0 Å². The molecule has 8 aromatic carbocycles. The first-order chi connectivity index (χ1) is 36.8. The molecule has 0 bridgehead atoms. The number of fused-ring (bicyclic) bond motifs is 5. The summed E-state index contributed by atoms with van der Waals surface area (Å²) >= 11 is 0. The number of hydrogen-bond donors (Lipinski definition) is 0. The molecule has 0 radical (unpaired) electrons. The first kappa shape index (κ1) is 55.2. The van der Waals surface area contributed by atoms with Crippen molar-refractivity contribution in [3.05, 3.63) is 206 Å². The molecule has 0 saturated heterocycles. The predicted molar refractivity (Wildman–Crippen MR) is 238 cm³/mol. The molecule has 1 aliphatic heterocycles. The molecule has 8 aromatic rings. The van der Waals surface area contributed by atoms with Gasteiger partial charge in [0.25, 0.3) is 0 Å². The number of hydrogen-bond acceptors (Lipinski definition) is 2. The van der Waals surface area contributed by atoms with Crippen LogP contribution in [-0.2, 0) is 12.4 Å². The minimum atomic E-state index is -6.46. The van der Waals surface area contributed by atoms with E-state index in [1.54, 1.807) is 0 Å². The monoisotopic (exact) mass is 1140 g/mol. The Bertz CT molecular complexity index is 4040. The van der Waals surface area contributed by atoms with Crippen molar-refractivity contribution in [3.63, 3.8) is 0 Å². The van der Waals surface area contributed by atoms with Crippen molar-refractivity contribution in [2.24, 2.45) is 0 Å². The molecular weight excluding hydrogens is 1120 g/mol. The molecule has 0 fully saturated rings.